The first kappa shape index (κ1) is 21.7. The number of nitrogens with zero attached hydrogens (tertiary/aromatic N) is 2. The Morgan fingerprint density at radius 3 is 2.86 bits per heavy atom. The molecule has 0 bridgehead atoms. The van der Waals surface area contributed by atoms with E-state index in [0.717, 1.165) is 22.2 Å². The van der Waals surface area contributed by atoms with Crippen LogP contribution in [0, 0.1) is 5.82 Å². The van der Waals surface area contributed by atoms with Gasteiger partial charge in [0, 0.05) is 59.3 Å². The van der Waals surface area contributed by atoms with Crippen molar-refractivity contribution in [3.63, 3.8) is 0 Å². The number of fused-ring (bicyclic) bond motifs is 2. The summed E-state index contributed by atoms with van der Waals surface area (Å²) in [7, 11) is 0. The van der Waals surface area contributed by atoms with Crippen LogP contribution >= 0.6 is 11.6 Å². The van der Waals surface area contributed by atoms with Gasteiger partial charge < -0.3 is 10.3 Å². The van der Waals surface area contributed by atoms with Gasteiger partial charge in [0.2, 0.25) is 0 Å². The molecule has 0 aliphatic heterocycles. The molecule has 3 heterocycles. The van der Waals surface area contributed by atoms with E-state index in [1.54, 1.807) is 36.7 Å². The third-order valence-corrected chi connectivity index (χ3v) is 6.83. The standard InChI is InChI=1S/C28H22ClFN4O/c29-23-15-33-25-6-4-19(27(30)26(23)25)13-34-28(35)18-7-8-31-22(12-18)10-16-1-5-24-20(9-16)11-21(14-32-24)17-2-3-17/h1,4-9,11-12,14-15,17,33H,2-3,10,13H2,(H,34,35). The lowest BCUT2D eigenvalue weighted by molar-refractivity contribution is 0.0950. The molecule has 0 atom stereocenters. The van der Waals surface area contributed by atoms with E-state index in [4.69, 9.17) is 11.6 Å². The Morgan fingerprint density at radius 2 is 2.00 bits per heavy atom. The molecule has 174 valence electrons. The fraction of sp³-hybridized carbons (Fsp3) is 0.179. The zero-order valence-electron chi connectivity index (χ0n) is 18.8. The summed E-state index contributed by atoms with van der Waals surface area (Å²) in [6.45, 7) is 0.0563. The number of carbonyl (C=O) groups excluding carboxylic acids is 1. The maximum absolute atomic E-state index is 14.8. The molecule has 1 saturated carbocycles. The number of pyridine rings is 2. The smallest absolute Gasteiger partial charge is 0.251 e. The van der Waals surface area contributed by atoms with Crippen LogP contribution in [0.4, 0.5) is 4.39 Å². The third kappa shape index (κ3) is 4.37. The van der Waals surface area contributed by atoms with E-state index in [9.17, 15) is 9.18 Å². The van der Waals surface area contributed by atoms with Crippen molar-refractivity contribution in [3.05, 3.63) is 106 Å². The van der Waals surface area contributed by atoms with Crippen molar-refractivity contribution in [3.8, 4) is 0 Å². The van der Waals surface area contributed by atoms with E-state index in [0.29, 0.717) is 39.4 Å². The largest absolute Gasteiger partial charge is 0.360 e. The number of hydrogen-bond acceptors (Lipinski definition) is 3. The van der Waals surface area contributed by atoms with Crippen molar-refractivity contribution in [2.24, 2.45) is 0 Å². The number of aromatic nitrogens is 3. The molecule has 1 fully saturated rings. The Labute approximate surface area is 206 Å². The molecule has 7 heteroatoms. The molecule has 1 aliphatic rings. The van der Waals surface area contributed by atoms with Gasteiger partial charge in [-0.15, -0.1) is 0 Å². The Kier molecular flexibility index (Phi) is 5.46. The Balaban J connectivity index is 1.17. The minimum atomic E-state index is -0.430. The Hall–Kier alpha value is -3.77. The van der Waals surface area contributed by atoms with Crippen molar-refractivity contribution in [1.29, 1.82) is 0 Å². The highest BCUT2D eigenvalue weighted by atomic mass is 35.5. The second-order valence-electron chi connectivity index (χ2n) is 9.06. The summed E-state index contributed by atoms with van der Waals surface area (Å²) in [4.78, 5) is 24.8. The first-order valence-electron chi connectivity index (χ1n) is 11.6. The van der Waals surface area contributed by atoms with E-state index in [2.05, 4.69) is 32.4 Å². The number of nitrogens with one attached hydrogen (secondary N) is 2. The van der Waals surface area contributed by atoms with Gasteiger partial charge in [0.05, 0.1) is 15.9 Å². The zero-order chi connectivity index (χ0) is 23.9. The van der Waals surface area contributed by atoms with Crippen molar-refractivity contribution >= 4 is 39.3 Å². The zero-order valence-corrected chi connectivity index (χ0v) is 19.6. The fourth-order valence-electron chi connectivity index (χ4n) is 4.47. The average molecular weight is 485 g/mol. The van der Waals surface area contributed by atoms with Crippen LogP contribution in [0.3, 0.4) is 0 Å². The predicted molar refractivity (Wildman–Crippen MR) is 135 cm³/mol. The summed E-state index contributed by atoms with van der Waals surface area (Å²) in [5.74, 6) is -0.0620. The van der Waals surface area contributed by atoms with Crippen LogP contribution in [0.1, 0.15) is 51.5 Å². The Morgan fingerprint density at radius 1 is 1.11 bits per heavy atom. The molecule has 0 radical (unpaired) electrons. The summed E-state index contributed by atoms with van der Waals surface area (Å²) < 4.78 is 14.8. The van der Waals surface area contributed by atoms with Gasteiger partial charge in [-0.05, 0) is 66.3 Å². The van der Waals surface area contributed by atoms with Crippen LogP contribution in [0.5, 0.6) is 0 Å². The quantitative estimate of drug-likeness (QED) is 0.297. The molecule has 1 amide bonds. The Bertz CT molecular complexity index is 1590. The monoisotopic (exact) mass is 484 g/mol. The van der Waals surface area contributed by atoms with Gasteiger partial charge in [-0.3, -0.25) is 14.8 Å². The molecule has 6 rings (SSSR count). The van der Waals surface area contributed by atoms with Crippen molar-refractivity contribution in [2.45, 2.75) is 31.7 Å². The number of benzene rings is 2. The highest BCUT2D eigenvalue weighted by Crippen LogP contribution is 2.40. The SMILES string of the molecule is O=C(NCc1ccc2[nH]cc(Cl)c2c1F)c1ccnc(Cc2ccc3ncc(C4CC4)cc3c2)c1. The second-order valence-corrected chi connectivity index (χ2v) is 9.47. The molecule has 35 heavy (non-hydrogen) atoms. The fourth-order valence-corrected chi connectivity index (χ4v) is 4.71. The number of aromatic amines is 1. The van der Waals surface area contributed by atoms with E-state index in [1.807, 2.05) is 18.3 Å². The van der Waals surface area contributed by atoms with Gasteiger partial charge in [0.1, 0.15) is 5.82 Å². The number of hydrogen-bond donors (Lipinski definition) is 2. The van der Waals surface area contributed by atoms with E-state index in [-0.39, 0.29) is 12.5 Å². The lowest BCUT2D eigenvalue weighted by Crippen LogP contribution is -2.23. The first-order valence-corrected chi connectivity index (χ1v) is 12.0. The number of carbonyl (C=O) groups is 1. The van der Waals surface area contributed by atoms with E-state index < -0.39 is 5.82 Å². The van der Waals surface area contributed by atoms with Gasteiger partial charge in [-0.25, -0.2) is 4.39 Å². The summed E-state index contributed by atoms with van der Waals surface area (Å²) in [6.07, 6.45) is 8.25. The van der Waals surface area contributed by atoms with Crippen molar-refractivity contribution in [1.82, 2.24) is 20.3 Å². The second kappa shape index (κ2) is 8.78. The van der Waals surface area contributed by atoms with Crippen molar-refractivity contribution < 1.29 is 9.18 Å². The molecule has 2 aromatic carbocycles. The van der Waals surface area contributed by atoms with E-state index in [1.165, 1.54) is 18.4 Å². The summed E-state index contributed by atoms with van der Waals surface area (Å²) in [5.41, 5.74) is 5.65. The van der Waals surface area contributed by atoms with Crippen LogP contribution in [0.25, 0.3) is 21.8 Å². The van der Waals surface area contributed by atoms with Gasteiger partial charge in [0.25, 0.3) is 5.91 Å². The van der Waals surface area contributed by atoms with Crippen LogP contribution in [-0.2, 0) is 13.0 Å². The minimum Gasteiger partial charge on any atom is -0.360 e. The lowest BCUT2D eigenvalue weighted by Gasteiger charge is -2.09. The van der Waals surface area contributed by atoms with Crippen LogP contribution in [-0.4, -0.2) is 20.9 Å². The number of rotatable bonds is 6. The normalized spacial score (nSPS) is 13.4. The topological polar surface area (TPSA) is 70.7 Å². The van der Waals surface area contributed by atoms with Crippen molar-refractivity contribution in [2.75, 3.05) is 0 Å². The average Bonchev–Trinajstić information content (AvgIpc) is 3.65. The number of halogens is 2. The molecule has 2 N–H and O–H groups in total. The third-order valence-electron chi connectivity index (χ3n) is 6.53. The van der Waals surface area contributed by atoms with Gasteiger partial charge in [-0.1, -0.05) is 23.7 Å². The molecule has 0 saturated heterocycles. The van der Waals surface area contributed by atoms with E-state index >= 15 is 0 Å². The van der Waals surface area contributed by atoms with Gasteiger partial charge in [0.15, 0.2) is 0 Å². The molecule has 1 aliphatic carbocycles. The summed E-state index contributed by atoms with van der Waals surface area (Å²) in [6, 6.07) is 15.3. The number of H-pyrrole nitrogens is 1. The van der Waals surface area contributed by atoms with Crippen LogP contribution in [0.2, 0.25) is 5.02 Å². The number of amides is 1. The first-order chi connectivity index (χ1) is 17.0. The molecule has 5 nitrogen and oxygen atoms in total. The lowest BCUT2D eigenvalue weighted by atomic mass is 10.0. The minimum absolute atomic E-state index is 0.0563. The molecule has 0 spiro atoms. The maximum Gasteiger partial charge on any atom is 0.251 e. The molecular formula is C28H22ClFN4O. The van der Waals surface area contributed by atoms with Gasteiger partial charge >= 0.3 is 0 Å². The molecule has 3 aromatic heterocycles. The molecule has 0 unspecified atom stereocenters. The highest BCUT2D eigenvalue weighted by molar-refractivity contribution is 6.35. The molecule has 5 aromatic rings. The maximum atomic E-state index is 14.8. The van der Waals surface area contributed by atoms with Crippen LogP contribution in [0.15, 0.2) is 67.1 Å². The predicted octanol–water partition coefficient (Wildman–Crippen LogP) is 6.30. The highest BCUT2D eigenvalue weighted by Gasteiger charge is 2.23. The van der Waals surface area contributed by atoms with Crippen LogP contribution < -0.4 is 5.32 Å². The van der Waals surface area contributed by atoms with Gasteiger partial charge in [-0.2, -0.15) is 0 Å². The summed E-state index contributed by atoms with van der Waals surface area (Å²) in [5, 5.41) is 4.58. The molecular weight excluding hydrogens is 463 g/mol. The summed E-state index contributed by atoms with van der Waals surface area (Å²) >= 11 is 6.08.